The largest absolute Gasteiger partial charge is 0.300 e. The molecule has 1 N–H and O–H groups in total. The summed E-state index contributed by atoms with van der Waals surface area (Å²) >= 11 is 0. The number of fused-ring (bicyclic) bond motifs is 2. The Hall–Kier alpha value is -0.980. The van der Waals surface area contributed by atoms with Crippen LogP contribution in [-0.4, -0.2) is 30.1 Å². The molecular formula is C11H14N2O. The Morgan fingerprint density at radius 1 is 1.57 bits per heavy atom. The maximum Gasteiger partial charge on any atom is 0.132 e. The summed E-state index contributed by atoms with van der Waals surface area (Å²) in [6, 6.07) is 0. The molecule has 3 heteroatoms. The Morgan fingerprint density at radius 2 is 2.36 bits per heavy atom. The molecule has 74 valence electrons. The number of hydrogen-bond donors (Lipinski definition) is 1. The predicted molar refractivity (Wildman–Crippen MR) is 53.0 cm³/mol. The van der Waals surface area contributed by atoms with Gasteiger partial charge in [-0.05, 0) is 37.9 Å². The quantitative estimate of drug-likeness (QED) is 0.563. The smallest absolute Gasteiger partial charge is 0.132 e. The fourth-order valence-electron chi connectivity index (χ4n) is 2.86. The molecule has 3 nitrogen and oxygen atoms in total. The van der Waals surface area contributed by atoms with Gasteiger partial charge in [-0.2, -0.15) is 0 Å². The fraction of sp³-hybridized carbons (Fsp3) is 0.636. The lowest BCUT2D eigenvalue weighted by molar-refractivity contribution is -0.137. The molecule has 4 rings (SSSR count). The van der Waals surface area contributed by atoms with Crippen molar-refractivity contribution >= 4 is 0 Å². The van der Waals surface area contributed by atoms with Crippen molar-refractivity contribution in [1.29, 1.82) is 0 Å². The topological polar surface area (TPSA) is 24.5 Å². The van der Waals surface area contributed by atoms with Gasteiger partial charge in [0, 0.05) is 6.54 Å². The second-order valence-electron chi connectivity index (χ2n) is 4.41. The molecule has 0 aromatic rings. The van der Waals surface area contributed by atoms with Crippen molar-refractivity contribution in [3.8, 4) is 12.3 Å². The molecule has 14 heavy (non-hydrogen) atoms. The molecule has 1 spiro atoms. The van der Waals surface area contributed by atoms with E-state index in [1.54, 1.807) is 0 Å². The van der Waals surface area contributed by atoms with Crippen LogP contribution in [0.15, 0.2) is 11.8 Å². The summed E-state index contributed by atoms with van der Waals surface area (Å²) in [6.45, 7) is 3.43. The molecule has 3 fully saturated rings. The summed E-state index contributed by atoms with van der Waals surface area (Å²) in [5.74, 6) is 3.25. The molecule has 1 atom stereocenters. The van der Waals surface area contributed by atoms with E-state index in [-0.39, 0.29) is 5.60 Å². The molecule has 0 aliphatic carbocycles. The average molecular weight is 190 g/mol. The lowest BCUT2D eigenvalue weighted by atomic mass is 9.75. The minimum absolute atomic E-state index is 0.127. The van der Waals surface area contributed by atoms with Crippen LogP contribution in [0, 0.1) is 18.3 Å². The van der Waals surface area contributed by atoms with Crippen molar-refractivity contribution in [3.05, 3.63) is 11.8 Å². The van der Waals surface area contributed by atoms with E-state index < -0.39 is 0 Å². The van der Waals surface area contributed by atoms with E-state index >= 15 is 0 Å². The summed E-state index contributed by atoms with van der Waals surface area (Å²) < 4.78 is 0. The number of rotatable bonds is 0. The van der Waals surface area contributed by atoms with E-state index in [0.717, 1.165) is 12.2 Å². The van der Waals surface area contributed by atoms with Crippen molar-refractivity contribution in [2.45, 2.75) is 18.4 Å². The predicted octanol–water partition coefficient (Wildman–Crippen LogP) is 0.503. The first kappa shape index (κ1) is 8.34. The second kappa shape index (κ2) is 2.75. The highest BCUT2D eigenvalue weighted by Crippen LogP contribution is 2.41. The van der Waals surface area contributed by atoms with Crippen LogP contribution in [0.3, 0.4) is 0 Å². The van der Waals surface area contributed by atoms with Crippen LogP contribution < -0.4 is 5.48 Å². The van der Waals surface area contributed by atoms with Gasteiger partial charge in [0.15, 0.2) is 0 Å². The van der Waals surface area contributed by atoms with Crippen LogP contribution in [0.2, 0.25) is 0 Å². The van der Waals surface area contributed by atoms with Crippen LogP contribution in [0.1, 0.15) is 12.8 Å². The molecule has 0 radical (unpaired) electrons. The summed E-state index contributed by atoms with van der Waals surface area (Å²) in [5.41, 5.74) is 3.51. The monoisotopic (exact) mass is 190 g/mol. The number of hydroxylamine groups is 1. The highest BCUT2D eigenvalue weighted by molar-refractivity contribution is 5.31. The minimum atomic E-state index is -0.127. The average Bonchev–Trinajstić information content (AvgIpc) is 2.63. The zero-order chi connectivity index (χ0) is 9.60. The molecule has 0 aromatic carbocycles. The van der Waals surface area contributed by atoms with Crippen LogP contribution in [0.5, 0.6) is 0 Å². The van der Waals surface area contributed by atoms with E-state index in [9.17, 15) is 0 Å². The third kappa shape index (κ3) is 1.01. The summed E-state index contributed by atoms with van der Waals surface area (Å²) in [5, 5.41) is 0. The van der Waals surface area contributed by atoms with Crippen LogP contribution in [0.25, 0.3) is 0 Å². The fourth-order valence-corrected chi connectivity index (χ4v) is 2.86. The van der Waals surface area contributed by atoms with Gasteiger partial charge < -0.3 is 0 Å². The van der Waals surface area contributed by atoms with Crippen LogP contribution >= 0.6 is 0 Å². The molecule has 0 aromatic heterocycles. The Bertz CT molecular complexity index is 323. The molecule has 4 heterocycles. The third-order valence-electron chi connectivity index (χ3n) is 3.64. The van der Waals surface area contributed by atoms with E-state index in [1.807, 2.05) is 0 Å². The van der Waals surface area contributed by atoms with E-state index in [0.29, 0.717) is 5.92 Å². The van der Waals surface area contributed by atoms with Crippen molar-refractivity contribution in [2.24, 2.45) is 5.92 Å². The van der Waals surface area contributed by atoms with Gasteiger partial charge in [-0.3, -0.25) is 15.2 Å². The third-order valence-corrected chi connectivity index (χ3v) is 3.64. The molecular weight excluding hydrogens is 176 g/mol. The molecule has 4 aliphatic heterocycles. The standard InChI is InChI=1S/C11H14N2O/c1-2-10-7-11(14-12-10)8-13-5-3-9(11)4-6-13/h1,7,9,12H,3-6,8H2. The van der Waals surface area contributed by atoms with Gasteiger partial charge in [0.05, 0.1) is 0 Å². The number of piperidine rings is 3. The number of nitrogens with one attached hydrogen (secondary N) is 1. The highest BCUT2D eigenvalue weighted by atomic mass is 16.7. The molecule has 3 saturated heterocycles. The minimum Gasteiger partial charge on any atom is -0.300 e. The summed E-state index contributed by atoms with van der Waals surface area (Å²) in [6.07, 6.45) is 9.91. The number of allylic oxidation sites excluding steroid dienone is 1. The van der Waals surface area contributed by atoms with Gasteiger partial charge in [-0.15, -0.1) is 6.42 Å². The van der Waals surface area contributed by atoms with E-state index in [2.05, 4.69) is 22.4 Å². The molecule has 1 unspecified atom stereocenters. The maximum absolute atomic E-state index is 5.69. The van der Waals surface area contributed by atoms with Gasteiger partial charge in [0.1, 0.15) is 11.3 Å². The molecule has 0 saturated carbocycles. The number of hydrogen-bond acceptors (Lipinski definition) is 3. The van der Waals surface area contributed by atoms with Gasteiger partial charge >= 0.3 is 0 Å². The Morgan fingerprint density at radius 3 is 2.86 bits per heavy atom. The SMILES string of the molecule is C#CC1=CC2(CN3CCC2CC3)ON1. The van der Waals surface area contributed by atoms with Crippen LogP contribution in [0.4, 0.5) is 0 Å². The van der Waals surface area contributed by atoms with Crippen molar-refractivity contribution < 1.29 is 4.84 Å². The second-order valence-corrected chi connectivity index (χ2v) is 4.41. The molecule has 0 amide bonds. The van der Waals surface area contributed by atoms with Crippen LogP contribution in [-0.2, 0) is 4.84 Å². The lowest BCUT2D eigenvalue weighted by Gasteiger charge is -2.49. The first-order chi connectivity index (χ1) is 6.82. The first-order valence-electron chi connectivity index (χ1n) is 5.18. The normalized spacial score (nSPS) is 44.6. The highest BCUT2D eigenvalue weighted by Gasteiger charge is 2.49. The Kier molecular flexibility index (Phi) is 1.64. The zero-order valence-electron chi connectivity index (χ0n) is 8.12. The van der Waals surface area contributed by atoms with Gasteiger partial charge in [0.2, 0.25) is 0 Å². The summed E-state index contributed by atoms with van der Waals surface area (Å²) in [4.78, 5) is 8.15. The number of nitrogens with zero attached hydrogens (tertiary/aromatic N) is 1. The number of terminal acetylenes is 1. The Balaban J connectivity index is 1.92. The lowest BCUT2D eigenvalue weighted by Crippen LogP contribution is -2.58. The van der Waals surface area contributed by atoms with Gasteiger partial charge in [-0.1, -0.05) is 5.92 Å². The van der Waals surface area contributed by atoms with Gasteiger partial charge in [0.25, 0.3) is 0 Å². The van der Waals surface area contributed by atoms with E-state index in [4.69, 9.17) is 11.3 Å². The summed E-state index contributed by atoms with van der Waals surface area (Å²) in [7, 11) is 0. The van der Waals surface area contributed by atoms with Crippen molar-refractivity contribution in [1.82, 2.24) is 10.4 Å². The van der Waals surface area contributed by atoms with E-state index in [1.165, 1.54) is 25.9 Å². The first-order valence-corrected chi connectivity index (χ1v) is 5.18. The molecule has 2 bridgehead atoms. The maximum atomic E-state index is 5.69. The van der Waals surface area contributed by atoms with Crippen molar-refractivity contribution in [3.63, 3.8) is 0 Å². The zero-order valence-corrected chi connectivity index (χ0v) is 8.12. The Labute approximate surface area is 84.1 Å². The molecule has 4 aliphatic rings. The van der Waals surface area contributed by atoms with Crippen molar-refractivity contribution in [2.75, 3.05) is 19.6 Å². The van der Waals surface area contributed by atoms with Gasteiger partial charge in [-0.25, -0.2) is 0 Å².